The van der Waals surface area contributed by atoms with Crippen molar-refractivity contribution in [1.29, 1.82) is 0 Å². The highest BCUT2D eigenvalue weighted by atomic mass is 16.5. The molecule has 1 N–H and O–H groups in total. The molecule has 0 saturated heterocycles. The number of aromatic amines is 1. The SMILES string of the molecule is CCOC(=O)Cc1c(C)[nH]c(C=O)c1CCC(=O)OC. The maximum Gasteiger partial charge on any atom is 0.310 e. The molecule has 0 aliphatic heterocycles. The van der Waals surface area contributed by atoms with Crippen LogP contribution in [0.2, 0.25) is 0 Å². The Kier molecular flexibility index (Phi) is 5.96. The minimum Gasteiger partial charge on any atom is -0.469 e. The third-order valence-electron chi connectivity index (χ3n) is 3.02. The molecule has 1 heterocycles. The number of carbonyl (C=O) groups is 3. The fraction of sp³-hybridized carbons (Fsp3) is 0.500. The molecule has 20 heavy (non-hydrogen) atoms. The van der Waals surface area contributed by atoms with Crippen LogP contribution in [0.4, 0.5) is 0 Å². The number of esters is 2. The summed E-state index contributed by atoms with van der Waals surface area (Å²) in [5.41, 5.74) is 2.52. The van der Waals surface area contributed by atoms with Crippen LogP contribution in [0.3, 0.4) is 0 Å². The molecule has 1 rings (SSSR count). The predicted octanol–water partition coefficient (Wildman–Crippen LogP) is 1.35. The van der Waals surface area contributed by atoms with Gasteiger partial charge in [0.1, 0.15) is 0 Å². The van der Waals surface area contributed by atoms with E-state index in [0.717, 1.165) is 11.3 Å². The van der Waals surface area contributed by atoms with E-state index in [4.69, 9.17) is 4.74 Å². The molecule has 0 aliphatic rings. The highest BCUT2D eigenvalue weighted by Gasteiger charge is 2.18. The van der Waals surface area contributed by atoms with Crippen molar-refractivity contribution in [3.05, 3.63) is 22.5 Å². The molecule has 0 amide bonds. The lowest BCUT2D eigenvalue weighted by Gasteiger charge is -2.06. The van der Waals surface area contributed by atoms with E-state index in [1.807, 2.05) is 0 Å². The Labute approximate surface area is 117 Å². The van der Waals surface area contributed by atoms with Gasteiger partial charge in [0.2, 0.25) is 0 Å². The molecule has 0 bridgehead atoms. The molecular weight excluding hydrogens is 262 g/mol. The number of ether oxygens (including phenoxy) is 2. The number of nitrogens with one attached hydrogen (secondary N) is 1. The van der Waals surface area contributed by atoms with E-state index in [2.05, 4.69) is 9.72 Å². The number of aromatic nitrogens is 1. The first-order valence-electron chi connectivity index (χ1n) is 6.41. The highest BCUT2D eigenvalue weighted by Crippen LogP contribution is 2.21. The molecule has 1 aromatic rings. The quantitative estimate of drug-likeness (QED) is 0.602. The number of hydrogen-bond acceptors (Lipinski definition) is 5. The zero-order chi connectivity index (χ0) is 15.1. The van der Waals surface area contributed by atoms with Gasteiger partial charge in [0.25, 0.3) is 0 Å². The Bertz CT molecular complexity index is 504. The third-order valence-corrected chi connectivity index (χ3v) is 3.02. The number of aryl methyl sites for hydroxylation is 1. The van der Waals surface area contributed by atoms with Crippen LogP contribution < -0.4 is 0 Å². The summed E-state index contributed by atoms with van der Waals surface area (Å²) in [7, 11) is 1.31. The second-order valence-corrected chi connectivity index (χ2v) is 4.30. The van der Waals surface area contributed by atoms with Crippen molar-refractivity contribution in [2.45, 2.75) is 33.1 Å². The molecule has 0 radical (unpaired) electrons. The molecule has 0 atom stereocenters. The molecule has 110 valence electrons. The van der Waals surface area contributed by atoms with Crippen LogP contribution in [0.1, 0.15) is 40.7 Å². The normalized spacial score (nSPS) is 10.2. The van der Waals surface area contributed by atoms with Gasteiger partial charge >= 0.3 is 11.9 Å². The van der Waals surface area contributed by atoms with E-state index in [1.165, 1.54) is 7.11 Å². The smallest absolute Gasteiger partial charge is 0.310 e. The van der Waals surface area contributed by atoms with E-state index in [9.17, 15) is 14.4 Å². The average Bonchev–Trinajstić information content (AvgIpc) is 2.72. The highest BCUT2D eigenvalue weighted by molar-refractivity contribution is 5.80. The average molecular weight is 281 g/mol. The van der Waals surface area contributed by atoms with Crippen molar-refractivity contribution in [2.24, 2.45) is 0 Å². The maximum absolute atomic E-state index is 11.6. The van der Waals surface area contributed by atoms with Crippen molar-refractivity contribution in [3.8, 4) is 0 Å². The third kappa shape index (κ3) is 3.94. The standard InChI is InChI=1S/C14H19NO5/c1-4-20-14(18)7-11-9(2)15-12(8-16)10(11)5-6-13(17)19-3/h8,15H,4-7H2,1-3H3. The summed E-state index contributed by atoms with van der Waals surface area (Å²) in [6.45, 7) is 3.82. The summed E-state index contributed by atoms with van der Waals surface area (Å²) in [5, 5.41) is 0. The lowest BCUT2D eigenvalue weighted by molar-refractivity contribution is -0.142. The molecule has 0 aliphatic carbocycles. The van der Waals surface area contributed by atoms with Crippen molar-refractivity contribution < 1.29 is 23.9 Å². The van der Waals surface area contributed by atoms with Gasteiger partial charge in [-0.05, 0) is 31.4 Å². The summed E-state index contributed by atoms with van der Waals surface area (Å²) in [4.78, 5) is 36.8. The van der Waals surface area contributed by atoms with Crippen LogP contribution in [-0.2, 0) is 31.9 Å². The zero-order valence-corrected chi connectivity index (χ0v) is 11.9. The van der Waals surface area contributed by atoms with Gasteiger partial charge in [0.15, 0.2) is 6.29 Å². The number of aldehydes is 1. The summed E-state index contributed by atoms with van der Waals surface area (Å²) in [6.07, 6.45) is 1.28. The number of carbonyl (C=O) groups excluding carboxylic acids is 3. The molecule has 0 aromatic carbocycles. The molecule has 6 heteroatoms. The van der Waals surface area contributed by atoms with Crippen LogP contribution >= 0.6 is 0 Å². The van der Waals surface area contributed by atoms with E-state index in [0.29, 0.717) is 30.6 Å². The Morgan fingerprint density at radius 2 is 1.95 bits per heavy atom. The van der Waals surface area contributed by atoms with Crippen molar-refractivity contribution in [3.63, 3.8) is 0 Å². The minimum atomic E-state index is -0.359. The Hall–Kier alpha value is -2.11. The first kappa shape index (κ1) is 15.9. The van der Waals surface area contributed by atoms with Crippen LogP contribution in [0.5, 0.6) is 0 Å². The fourth-order valence-corrected chi connectivity index (χ4v) is 2.05. The largest absolute Gasteiger partial charge is 0.469 e. The monoisotopic (exact) mass is 281 g/mol. The number of H-pyrrole nitrogens is 1. The molecular formula is C14H19NO5. The lowest BCUT2D eigenvalue weighted by atomic mass is 10.0. The van der Waals surface area contributed by atoms with E-state index < -0.39 is 0 Å². The van der Waals surface area contributed by atoms with E-state index in [1.54, 1.807) is 13.8 Å². The second-order valence-electron chi connectivity index (χ2n) is 4.30. The van der Waals surface area contributed by atoms with Crippen LogP contribution in [0, 0.1) is 6.92 Å². The summed E-state index contributed by atoms with van der Waals surface area (Å²) < 4.78 is 9.50. The van der Waals surface area contributed by atoms with Gasteiger partial charge in [-0.2, -0.15) is 0 Å². The minimum absolute atomic E-state index is 0.0838. The molecule has 0 saturated carbocycles. The summed E-state index contributed by atoms with van der Waals surface area (Å²) in [5.74, 6) is -0.714. The summed E-state index contributed by atoms with van der Waals surface area (Å²) in [6, 6.07) is 0. The number of rotatable bonds is 7. The van der Waals surface area contributed by atoms with Gasteiger partial charge in [-0.1, -0.05) is 0 Å². The topological polar surface area (TPSA) is 85.5 Å². The Balaban J connectivity index is 2.96. The Morgan fingerprint density at radius 1 is 1.25 bits per heavy atom. The summed E-state index contributed by atoms with van der Waals surface area (Å²) >= 11 is 0. The molecule has 0 unspecified atom stereocenters. The van der Waals surface area contributed by atoms with Crippen LogP contribution in [0.15, 0.2) is 0 Å². The van der Waals surface area contributed by atoms with Crippen LogP contribution in [0.25, 0.3) is 0 Å². The van der Waals surface area contributed by atoms with Gasteiger partial charge in [0.05, 0.1) is 25.8 Å². The van der Waals surface area contributed by atoms with Gasteiger partial charge in [-0.15, -0.1) is 0 Å². The molecule has 0 fully saturated rings. The van der Waals surface area contributed by atoms with Gasteiger partial charge in [-0.25, -0.2) is 0 Å². The Morgan fingerprint density at radius 3 is 2.50 bits per heavy atom. The predicted molar refractivity (Wildman–Crippen MR) is 71.6 cm³/mol. The van der Waals surface area contributed by atoms with Gasteiger partial charge < -0.3 is 14.5 Å². The van der Waals surface area contributed by atoms with Gasteiger partial charge in [-0.3, -0.25) is 14.4 Å². The number of methoxy groups -OCH3 is 1. The fourth-order valence-electron chi connectivity index (χ4n) is 2.05. The number of hydrogen-bond donors (Lipinski definition) is 1. The van der Waals surface area contributed by atoms with Gasteiger partial charge in [0, 0.05) is 12.1 Å². The lowest BCUT2D eigenvalue weighted by Crippen LogP contribution is -2.10. The van der Waals surface area contributed by atoms with E-state index >= 15 is 0 Å². The molecule has 6 nitrogen and oxygen atoms in total. The first-order valence-corrected chi connectivity index (χ1v) is 6.41. The molecule has 1 aromatic heterocycles. The van der Waals surface area contributed by atoms with Crippen molar-refractivity contribution in [1.82, 2.24) is 4.98 Å². The van der Waals surface area contributed by atoms with E-state index in [-0.39, 0.29) is 24.8 Å². The van der Waals surface area contributed by atoms with Crippen LogP contribution in [-0.4, -0.2) is 36.9 Å². The molecule has 0 spiro atoms. The van der Waals surface area contributed by atoms with Crippen molar-refractivity contribution in [2.75, 3.05) is 13.7 Å². The maximum atomic E-state index is 11.6. The zero-order valence-electron chi connectivity index (χ0n) is 11.9. The second kappa shape index (κ2) is 7.47. The first-order chi connectivity index (χ1) is 9.53. The van der Waals surface area contributed by atoms with Crippen molar-refractivity contribution >= 4 is 18.2 Å².